The Morgan fingerprint density at radius 1 is 1.40 bits per heavy atom. The third-order valence-corrected chi connectivity index (χ3v) is 3.68. The minimum Gasteiger partial charge on any atom is -0.382 e. The first-order chi connectivity index (χ1) is 9.07. The number of nitro groups is 1. The standard InChI is InChI=1S/C12H18N2O5S/c1-12(2,8-19-3)13-10-6-5-9(20(4,17)18)7-11(10)14(15)16/h5-7,13H,8H2,1-4H3. The molecule has 0 aliphatic carbocycles. The van der Waals surface area contributed by atoms with Gasteiger partial charge in [-0.1, -0.05) is 0 Å². The quantitative estimate of drug-likeness (QED) is 0.636. The van der Waals surface area contributed by atoms with Crippen LogP contribution in [-0.4, -0.2) is 38.9 Å². The second-order valence-electron chi connectivity index (χ2n) is 5.15. The van der Waals surface area contributed by atoms with Crippen molar-refractivity contribution >= 4 is 21.2 Å². The van der Waals surface area contributed by atoms with Gasteiger partial charge in [0.2, 0.25) is 0 Å². The molecule has 1 aromatic carbocycles. The zero-order valence-electron chi connectivity index (χ0n) is 11.8. The molecule has 0 heterocycles. The maximum Gasteiger partial charge on any atom is 0.293 e. The van der Waals surface area contributed by atoms with Crippen molar-refractivity contribution in [3.8, 4) is 0 Å². The molecule has 0 unspecified atom stereocenters. The van der Waals surface area contributed by atoms with Crippen LogP contribution in [0.5, 0.6) is 0 Å². The van der Waals surface area contributed by atoms with Crippen LogP contribution in [0.15, 0.2) is 23.1 Å². The van der Waals surface area contributed by atoms with Crippen LogP contribution >= 0.6 is 0 Å². The summed E-state index contributed by atoms with van der Waals surface area (Å²) in [6, 6.07) is 3.79. The number of nitrogens with one attached hydrogen (secondary N) is 1. The normalized spacial score (nSPS) is 12.2. The van der Waals surface area contributed by atoms with Gasteiger partial charge in [-0.05, 0) is 26.0 Å². The second-order valence-corrected chi connectivity index (χ2v) is 7.17. The summed E-state index contributed by atoms with van der Waals surface area (Å²) in [6.07, 6.45) is 1.01. The minimum atomic E-state index is -3.49. The van der Waals surface area contributed by atoms with Crippen LogP contribution in [0.25, 0.3) is 0 Å². The van der Waals surface area contributed by atoms with E-state index in [0.717, 1.165) is 12.3 Å². The van der Waals surface area contributed by atoms with E-state index in [1.54, 1.807) is 0 Å². The van der Waals surface area contributed by atoms with E-state index >= 15 is 0 Å². The Morgan fingerprint density at radius 2 is 2.00 bits per heavy atom. The first-order valence-electron chi connectivity index (χ1n) is 5.82. The number of hydrogen-bond donors (Lipinski definition) is 1. The summed E-state index contributed by atoms with van der Waals surface area (Å²) in [6.45, 7) is 3.99. The Labute approximate surface area is 118 Å². The molecule has 0 radical (unpaired) electrons. The zero-order chi connectivity index (χ0) is 15.6. The lowest BCUT2D eigenvalue weighted by Crippen LogP contribution is -2.36. The van der Waals surface area contributed by atoms with Crippen LogP contribution in [-0.2, 0) is 14.6 Å². The van der Waals surface area contributed by atoms with Crippen LogP contribution in [0, 0.1) is 10.1 Å². The fourth-order valence-electron chi connectivity index (χ4n) is 1.76. The number of nitrogens with zero attached hydrogens (tertiary/aromatic N) is 1. The SMILES string of the molecule is COCC(C)(C)Nc1ccc(S(C)(=O)=O)cc1[N+](=O)[O-]. The van der Waals surface area contributed by atoms with Gasteiger partial charge >= 0.3 is 0 Å². The van der Waals surface area contributed by atoms with Crippen LogP contribution < -0.4 is 5.32 Å². The van der Waals surface area contributed by atoms with E-state index in [4.69, 9.17) is 4.74 Å². The largest absolute Gasteiger partial charge is 0.382 e. The molecule has 0 aliphatic heterocycles. The third-order valence-electron chi connectivity index (χ3n) is 2.57. The molecule has 0 amide bonds. The van der Waals surface area contributed by atoms with Crippen molar-refractivity contribution < 1.29 is 18.1 Å². The second kappa shape index (κ2) is 5.76. The lowest BCUT2D eigenvalue weighted by Gasteiger charge is -2.26. The van der Waals surface area contributed by atoms with Gasteiger partial charge in [0.15, 0.2) is 9.84 Å². The van der Waals surface area contributed by atoms with E-state index in [9.17, 15) is 18.5 Å². The van der Waals surface area contributed by atoms with Gasteiger partial charge in [-0.25, -0.2) is 8.42 Å². The van der Waals surface area contributed by atoms with Gasteiger partial charge < -0.3 is 10.1 Å². The van der Waals surface area contributed by atoms with Gasteiger partial charge in [-0.2, -0.15) is 0 Å². The van der Waals surface area contributed by atoms with Gasteiger partial charge in [-0.3, -0.25) is 10.1 Å². The number of nitro benzene ring substituents is 1. The van der Waals surface area contributed by atoms with E-state index in [0.29, 0.717) is 6.61 Å². The summed E-state index contributed by atoms with van der Waals surface area (Å²) in [5.41, 5.74) is -0.548. The molecule has 1 aromatic rings. The van der Waals surface area contributed by atoms with Gasteiger partial charge in [0.05, 0.1) is 22.0 Å². The highest BCUT2D eigenvalue weighted by molar-refractivity contribution is 7.90. The van der Waals surface area contributed by atoms with Crippen LogP contribution in [0.1, 0.15) is 13.8 Å². The highest BCUT2D eigenvalue weighted by atomic mass is 32.2. The number of methoxy groups -OCH3 is 1. The summed E-state index contributed by atoms with van der Waals surface area (Å²) in [5.74, 6) is 0. The molecule has 112 valence electrons. The zero-order valence-corrected chi connectivity index (χ0v) is 12.7. The topological polar surface area (TPSA) is 98.5 Å². The Kier molecular flexibility index (Phi) is 4.72. The molecule has 1 rings (SSSR count). The van der Waals surface area contributed by atoms with Gasteiger partial charge in [0.25, 0.3) is 5.69 Å². The number of sulfone groups is 1. The van der Waals surface area contributed by atoms with Gasteiger partial charge in [0, 0.05) is 19.4 Å². The predicted octanol–water partition coefficient (Wildman–Crippen LogP) is 1.84. The van der Waals surface area contributed by atoms with Crippen molar-refractivity contribution in [2.24, 2.45) is 0 Å². The van der Waals surface area contributed by atoms with Crippen molar-refractivity contribution in [1.29, 1.82) is 0 Å². The number of rotatable bonds is 6. The maximum absolute atomic E-state index is 11.4. The van der Waals surface area contributed by atoms with Crippen molar-refractivity contribution in [3.63, 3.8) is 0 Å². The molecule has 0 saturated heterocycles. The summed E-state index contributed by atoms with van der Waals surface area (Å²) in [4.78, 5) is 10.4. The molecule has 0 fully saturated rings. The summed E-state index contributed by atoms with van der Waals surface area (Å²) in [7, 11) is -1.95. The van der Waals surface area contributed by atoms with E-state index in [1.165, 1.54) is 19.2 Å². The summed E-state index contributed by atoms with van der Waals surface area (Å²) >= 11 is 0. The Bertz CT molecular complexity index is 610. The molecule has 0 bridgehead atoms. The fourth-order valence-corrected chi connectivity index (χ4v) is 2.40. The predicted molar refractivity (Wildman–Crippen MR) is 75.8 cm³/mol. The molecule has 20 heavy (non-hydrogen) atoms. The minimum absolute atomic E-state index is 0.0840. The average molecular weight is 302 g/mol. The first-order valence-corrected chi connectivity index (χ1v) is 7.71. The molecular formula is C12H18N2O5S. The van der Waals surface area contributed by atoms with Crippen molar-refractivity contribution in [2.75, 3.05) is 25.3 Å². The monoisotopic (exact) mass is 302 g/mol. The molecular weight excluding hydrogens is 284 g/mol. The summed E-state index contributed by atoms with van der Waals surface area (Å²) < 4.78 is 27.9. The van der Waals surface area contributed by atoms with Gasteiger partial charge in [-0.15, -0.1) is 0 Å². The van der Waals surface area contributed by atoms with Crippen LogP contribution in [0.3, 0.4) is 0 Å². The van der Waals surface area contributed by atoms with Crippen molar-refractivity contribution in [3.05, 3.63) is 28.3 Å². The van der Waals surface area contributed by atoms with Crippen molar-refractivity contribution in [1.82, 2.24) is 0 Å². The Balaban J connectivity index is 3.25. The number of anilines is 1. The maximum atomic E-state index is 11.4. The molecule has 0 saturated carbocycles. The lowest BCUT2D eigenvalue weighted by molar-refractivity contribution is -0.384. The average Bonchev–Trinajstić information content (AvgIpc) is 2.26. The first kappa shape index (κ1) is 16.4. The molecule has 0 atom stereocenters. The molecule has 0 aromatic heterocycles. The highest BCUT2D eigenvalue weighted by Gasteiger charge is 2.24. The number of ether oxygens (including phenoxy) is 1. The molecule has 0 spiro atoms. The third kappa shape index (κ3) is 4.17. The molecule has 8 heteroatoms. The lowest BCUT2D eigenvalue weighted by atomic mass is 10.1. The molecule has 1 N–H and O–H groups in total. The smallest absolute Gasteiger partial charge is 0.293 e. The van der Waals surface area contributed by atoms with Gasteiger partial charge in [0.1, 0.15) is 5.69 Å². The Morgan fingerprint density at radius 3 is 2.45 bits per heavy atom. The van der Waals surface area contributed by atoms with E-state index in [-0.39, 0.29) is 16.3 Å². The van der Waals surface area contributed by atoms with E-state index < -0.39 is 20.3 Å². The fraction of sp³-hybridized carbons (Fsp3) is 0.500. The Hall–Kier alpha value is -1.67. The van der Waals surface area contributed by atoms with E-state index in [1.807, 2.05) is 13.8 Å². The van der Waals surface area contributed by atoms with Crippen LogP contribution in [0.4, 0.5) is 11.4 Å². The highest BCUT2D eigenvalue weighted by Crippen LogP contribution is 2.29. The summed E-state index contributed by atoms with van der Waals surface area (Å²) in [5, 5.41) is 14.1. The number of benzene rings is 1. The number of hydrogen-bond acceptors (Lipinski definition) is 6. The molecule has 7 nitrogen and oxygen atoms in total. The van der Waals surface area contributed by atoms with E-state index in [2.05, 4.69) is 5.32 Å². The van der Waals surface area contributed by atoms with Crippen molar-refractivity contribution in [2.45, 2.75) is 24.3 Å². The molecule has 0 aliphatic rings. The van der Waals surface area contributed by atoms with Crippen LogP contribution in [0.2, 0.25) is 0 Å².